The van der Waals surface area contributed by atoms with Gasteiger partial charge in [-0.3, -0.25) is 9.69 Å². The van der Waals surface area contributed by atoms with Crippen LogP contribution >= 0.6 is 11.5 Å². The highest BCUT2D eigenvalue weighted by atomic mass is 32.1. The third kappa shape index (κ3) is 5.13. The average Bonchev–Trinajstić information content (AvgIpc) is 3.07. The highest BCUT2D eigenvalue weighted by Crippen LogP contribution is 2.36. The Balaban J connectivity index is 1.84. The first-order valence-corrected chi connectivity index (χ1v) is 10.4. The molecule has 1 aliphatic rings. The van der Waals surface area contributed by atoms with Gasteiger partial charge in [0.2, 0.25) is 0 Å². The number of aromatic nitrogens is 1. The van der Waals surface area contributed by atoms with Gasteiger partial charge in [0.25, 0.3) is 6.47 Å². The second kappa shape index (κ2) is 8.92. The number of carbonyl (C=O) groups excluding carboxylic acids is 2. The Kier molecular flexibility index (Phi) is 6.54. The molecule has 1 aromatic heterocycles. The van der Waals surface area contributed by atoms with Crippen LogP contribution in [0.5, 0.6) is 0 Å². The summed E-state index contributed by atoms with van der Waals surface area (Å²) in [5.41, 5.74) is 7.40. The van der Waals surface area contributed by atoms with Crippen LogP contribution in [0.4, 0.5) is 5.00 Å². The molecule has 2 unspecified atom stereocenters. The molecule has 0 aliphatic carbocycles. The van der Waals surface area contributed by atoms with Crippen molar-refractivity contribution in [3.63, 3.8) is 0 Å². The lowest BCUT2D eigenvalue weighted by atomic mass is 9.91. The predicted octanol–water partition coefficient (Wildman–Crippen LogP) is 3.73. The molecule has 2 atom stereocenters. The van der Waals surface area contributed by atoms with E-state index in [4.69, 9.17) is 15.2 Å². The number of ether oxygens (including phenoxy) is 2. The molecule has 8 heteroatoms. The van der Waals surface area contributed by atoms with Gasteiger partial charge in [0, 0.05) is 24.6 Å². The van der Waals surface area contributed by atoms with Crippen molar-refractivity contribution < 1.29 is 19.1 Å². The molecule has 1 fully saturated rings. The maximum Gasteiger partial charge on any atom is 0.343 e. The van der Waals surface area contributed by atoms with Crippen molar-refractivity contribution in [1.29, 1.82) is 0 Å². The molecular weight excluding hydrogens is 390 g/mol. The fraction of sp³-hybridized carbons (Fsp3) is 0.476. The molecule has 29 heavy (non-hydrogen) atoms. The number of likely N-dealkylation sites (tertiary alicyclic amines) is 1. The Hall–Kier alpha value is -2.45. The number of rotatable bonds is 6. The van der Waals surface area contributed by atoms with E-state index in [1.165, 1.54) is 0 Å². The van der Waals surface area contributed by atoms with E-state index < -0.39 is 17.8 Å². The van der Waals surface area contributed by atoms with Crippen molar-refractivity contribution >= 4 is 29.0 Å². The van der Waals surface area contributed by atoms with Gasteiger partial charge in [-0.05, 0) is 45.1 Å². The summed E-state index contributed by atoms with van der Waals surface area (Å²) < 4.78 is 15.4. The number of hydrogen-bond acceptors (Lipinski definition) is 8. The maximum atomic E-state index is 12.7. The Morgan fingerprint density at radius 1 is 1.34 bits per heavy atom. The van der Waals surface area contributed by atoms with E-state index in [0.717, 1.165) is 36.5 Å². The normalized spacial score (nSPS) is 18.8. The summed E-state index contributed by atoms with van der Waals surface area (Å²) in [6.07, 6.45) is 1.29. The summed E-state index contributed by atoms with van der Waals surface area (Å²) in [5, 5.41) is 0.370. The smallest absolute Gasteiger partial charge is 0.343 e. The first-order valence-electron chi connectivity index (χ1n) is 9.66. The number of nitrogens with zero attached hydrogens (tertiary/aromatic N) is 2. The number of hydrogen-bond donors (Lipinski definition) is 1. The van der Waals surface area contributed by atoms with Crippen molar-refractivity contribution in [2.75, 3.05) is 18.8 Å². The predicted molar refractivity (Wildman–Crippen MR) is 112 cm³/mol. The minimum atomic E-state index is -0.614. The molecule has 0 bridgehead atoms. The van der Waals surface area contributed by atoms with Gasteiger partial charge in [0.05, 0.1) is 5.69 Å². The quantitative estimate of drug-likeness (QED) is 0.565. The van der Waals surface area contributed by atoms with E-state index in [1.807, 2.05) is 51.1 Å². The third-order valence-electron chi connectivity index (χ3n) is 4.79. The Morgan fingerprint density at radius 2 is 2.07 bits per heavy atom. The standard InChI is InChI=1S/C21H27N3O4S/c1-21(2,3)28-20(26)16-17(23-29-18(16)22)15-10-7-11-24(12-15)19(27-13-25)14-8-5-4-6-9-14/h4-6,8-9,13,15,19H,7,10-12,22H2,1-3H3. The largest absolute Gasteiger partial charge is 0.456 e. The van der Waals surface area contributed by atoms with Crippen LogP contribution in [0.1, 0.15) is 67.4 Å². The average molecular weight is 418 g/mol. The molecule has 0 amide bonds. The van der Waals surface area contributed by atoms with Crippen LogP contribution in [0.15, 0.2) is 30.3 Å². The molecule has 1 aliphatic heterocycles. The number of anilines is 1. The van der Waals surface area contributed by atoms with Crippen molar-refractivity contribution in [2.24, 2.45) is 0 Å². The SMILES string of the molecule is CC(C)(C)OC(=O)c1c(C2CCCN(C(OC=O)c3ccccc3)C2)nsc1N. The summed E-state index contributed by atoms with van der Waals surface area (Å²) in [5.74, 6) is -0.444. The molecule has 7 nitrogen and oxygen atoms in total. The fourth-order valence-electron chi connectivity index (χ4n) is 3.62. The van der Waals surface area contributed by atoms with Gasteiger partial charge in [-0.2, -0.15) is 4.37 Å². The zero-order valence-electron chi connectivity index (χ0n) is 17.0. The molecule has 1 aromatic carbocycles. The van der Waals surface area contributed by atoms with Gasteiger partial charge in [0.15, 0.2) is 6.23 Å². The van der Waals surface area contributed by atoms with E-state index in [9.17, 15) is 9.59 Å². The summed E-state index contributed by atoms with van der Waals surface area (Å²) >= 11 is 1.12. The maximum absolute atomic E-state index is 12.7. The van der Waals surface area contributed by atoms with Crippen molar-refractivity contribution in [1.82, 2.24) is 9.27 Å². The van der Waals surface area contributed by atoms with Gasteiger partial charge >= 0.3 is 5.97 Å². The Bertz CT molecular complexity index is 847. The van der Waals surface area contributed by atoms with E-state index in [-0.39, 0.29) is 5.92 Å². The molecule has 0 spiro atoms. The molecule has 2 aromatic rings. The Morgan fingerprint density at radius 3 is 2.72 bits per heavy atom. The second-order valence-electron chi connectivity index (χ2n) is 8.14. The first kappa shape index (κ1) is 21.3. The van der Waals surface area contributed by atoms with Gasteiger partial charge in [-0.15, -0.1) is 0 Å². The lowest BCUT2D eigenvalue weighted by molar-refractivity contribution is -0.145. The lowest BCUT2D eigenvalue weighted by Crippen LogP contribution is -2.39. The second-order valence-corrected chi connectivity index (χ2v) is 8.94. The molecule has 3 rings (SSSR count). The summed E-state index contributed by atoms with van der Waals surface area (Å²) in [6, 6.07) is 9.63. The van der Waals surface area contributed by atoms with Crippen molar-refractivity contribution in [2.45, 2.75) is 51.4 Å². The molecule has 156 valence electrons. The molecule has 2 N–H and O–H groups in total. The zero-order chi connectivity index (χ0) is 21.0. The van der Waals surface area contributed by atoms with Gasteiger partial charge in [-0.25, -0.2) is 4.79 Å². The Labute approximate surface area is 175 Å². The molecular formula is C21H27N3O4S. The minimum Gasteiger partial charge on any atom is -0.456 e. The van der Waals surface area contributed by atoms with Crippen LogP contribution in [0.25, 0.3) is 0 Å². The van der Waals surface area contributed by atoms with Gasteiger partial charge in [-0.1, -0.05) is 30.3 Å². The van der Waals surface area contributed by atoms with Crippen molar-refractivity contribution in [3.8, 4) is 0 Å². The number of esters is 1. The first-order chi connectivity index (χ1) is 13.8. The zero-order valence-corrected chi connectivity index (χ0v) is 17.8. The minimum absolute atomic E-state index is 0.00119. The van der Waals surface area contributed by atoms with E-state index >= 15 is 0 Å². The van der Waals surface area contributed by atoms with Crippen LogP contribution in [0, 0.1) is 0 Å². The third-order valence-corrected chi connectivity index (χ3v) is 5.48. The topological polar surface area (TPSA) is 94.7 Å². The number of benzene rings is 1. The molecule has 0 saturated carbocycles. The van der Waals surface area contributed by atoms with Crippen LogP contribution < -0.4 is 5.73 Å². The summed E-state index contributed by atoms with van der Waals surface area (Å²) in [6.45, 7) is 7.34. The van der Waals surface area contributed by atoms with Gasteiger partial charge in [0.1, 0.15) is 16.2 Å². The lowest BCUT2D eigenvalue weighted by Gasteiger charge is -2.37. The number of nitrogen functional groups attached to an aromatic ring is 1. The highest BCUT2D eigenvalue weighted by molar-refractivity contribution is 7.10. The fourth-order valence-corrected chi connectivity index (χ4v) is 4.33. The van der Waals surface area contributed by atoms with E-state index in [2.05, 4.69) is 9.27 Å². The van der Waals surface area contributed by atoms with E-state index in [1.54, 1.807) is 0 Å². The highest BCUT2D eigenvalue weighted by Gasteiger charge is 2.34. The summed E-state index contributed by atoms with van der Waals surface area (Å²) in [4.78, 5) is 26.0. The molecule has 2 heterocycles. The van der Waals surface area contributed by atoms with Gasteiger partial charge < -0.3 is 15.2 Å². The molecule has 0 radical (unpaired) electrons. The number of piperidine rings is 1. The number of nitrogens with two attached hydrogens (primary N) is 1. The van der Waals surface area contributed by atoms with Crippen LogP contribution in [0.3, 0.4) is 0 Å². The van der Waals surface area contributed by atoms with Crippen molar-refractivity contribution in [3.05, 3.63) is 47.2 Å². The van der Waals surface area contributed by atoms with Crippen LogP contribution in [-0.4, -0.2) is 40.4 Å². The van der Waals surface area contributed by atoms with E-state index in [0.29, 0.717) is 29.3 Å². The monoisotopic (exact) mass is 417 g/mol. The molecule has 1 saturated heterocycles. The number of carbonyl (C=O) groups is 2. The van der Waals surface area contributed by atoms with Crippen LogP contribution in [-0.2, 0) is 14.3 Å². The van der Waals surface area contributed by atoms with Crippen LogP contribution in [0.2, 0.25) is 0 Å². The summed E-state index contributed by atoms with van der Waals surface area (Å²) in [7, 11) is 0.